The zero-order valence-electron chi connectivity index (χ0n) is 24.2. The van der Waals surface area contributed by atoms with E-state index in [9.17, 15) is 24.3 Å². The van der Waals surface area contributed by atoms with Gasteiger partial charge in [0.25, 0.3) is 0 Å². The monoisotopic (exact) mass is 590 g/mol. The van der Waals surface area contributed by atoms with Crippen LogP contribution in [0.5, 0.6) is 0 Å². The van der Waals surface area contributed by atoms with Crippen LogP contribution in [-0.2, 0) is 48.3 Å². The topological polar surface area (TPSA) is 135 Å². The number of carbonyl (C=O) groups excluding carboxylic acids is 4. The Labute approximate surface area is 249 Å². The van der Waals surface area contributed by atoms with Crippen molar-refractivity contribution in [2.75, 3.05) is 0 Å². The van der Waals surface area contributed by atoms with E-state index in [0.717, 1.165) is 27.7 Å². The van der Waals surface area contributed by atoms with Crippen molar-refractivity contribution in [3.63, 3.8) is 0 Å². The summed E-state index contributed by atoms with van der Waals surface area (Å²) < 4.78 is 28.3. The molecule has 10 heteroatoms. The zero-order valence-corrected chi connectivity index (χ0v) is 24.2. The van der Waals surface area contributed by atoms with E-state index in [1.165, 1.54) is 0 Å². The maximum Gasteiger partial charge on any atom is 0.305 e. The van der Waals surface area contributed by atoms with E-state index in [1.54, 1.807) is 0 Å². The van der Waals surface area contributed by atoms with E-state index < -0.39 is 66.1 Å². The molecule has 1 fully saturated rings. The van der Waals surface area contributed by atoms with Crippen LogP contribution in [0.15, 0.2) is 91.0 Å². The Morgan fingerprint density at radius 3 is 1.30 bits per heavy atom. The Morgan fingerprint density at radius 2 is 0.930 bits per heavy atom. The maximum atomic E-state index is 12.7. The lowest BCUT2D eigenvalue weighted by Crippen LogP contribution is -2.67. The average molecular weight is 591 g/mol. The van der Waals surface area contributed by atoms with Crippen LogP contribution in [0, 0.1) is 0 Å². The predicted molar refractivity (Wildman–Crippen MR) is 152 cm³/mol. The van der Waals surface area contributed by atoms with Gasteiger partial charge in [-0.25, -0.2) is 0 Å². The maximum absolute atomic E-state index is 12.7. The molecule has 0 radical (unpaired) electrons. The van der Waals surface area contributed by atoms with Crippen molar-refractivity contribution in [1.82, 2.24) is 0 Å². The van der Waals surface area contributed by atoms with E-state index >= 15 is 0 Å². The molecule has 4 rings (SSSR count). The summed E-state index contributed by atoms with van der Waals surface area (Å²) in [6.45, 7) is 4.51. The first-order chi connectivity index (χ1) is 20.5. The lowest BCUT2D eigenvalue weighted by atomic mass is 9.63. The predicted octanol–water partition coefficient (Wildman–Crippen LogP) is 3.47. The fraction of sp³-hybridized carbons (Fsp3) is 0.333. The van der Waals surface area contributed by atoms with E-state index in [2.05, 4.69) is 0 Å². The van der Waals surface area contributed by atoms with Crippen LogP contribution in [-0.4, -0.2) is 65.8 Å². The fourth-order valence-corrected chi connectivity index (χ4v) is 5.68. The minimum absolute atomic E-state index is 0.667. The van der Waals surface area contributed by atoms with Crippen LogP contribution in [0.4, 0.5) is 0 Å². The van der Waals surface area contributed by atoms with Gasteiger partial charge in [0, 0.05) is 27.7 Å². The summed E-state index contributed by atoms with van der Waals surface area (Å²) in [6, 6.07) is 27.6. The van der Waals surface area contributed by atoms with Crippen LogP contribution in [0.1, 0.15) is 44.4 Å². The van der Waals surface area contributed by atoms with Gasteiger partial charge in [-0.15, -0.1) is 0 Å². The molecule has 0 spiro atoms. The number of aliphatic hydroxyl groups is 1. The van der Waals surface area contributed by atoms with Gasteiger partial charge in [-0.3, -0.25) is 19.2 Å². The standard InChI is InChI=1S/C33H34O10/c1-20(34)39-27-28(40-21(2)35)30(41-22(3)36)32(42-23(4)37)43-29(27)31(38)33(24-14-8-5-9-15-24,25-16-10-6-11-17-25)26-18-12-7-13-19-26/h5-19,27-32,38H,1-4H3/t27-,28-,29-,30+,31?,32+/m0/s1. The Hall–Kier alpha value is -4.54. The van der Waals surface area contributed by atoms with E-state index in [0.29, 0.717) is 16.7 Å². The first kappa shape index (κ1) is 31.4. The molecular weight excluding hydrogens is 556 g/mol. The lowest BCUT2D eigenvalue weighted by molar-refractivity contribution is -0.310. The van der Waals surface area contributed by atoms with Crippen molar-refractivity contribution in [3.8, 4) is 0 Å². The highest BCUT2D eigenvalue weighted by Crippen LogP contribution is 2.46. The zero-order chi connectivity index (χ0) is 31.1. The molecule has 3 aromatic carbocycles. The first-order valence-electron chi connectivity index (χ1n) is 13.7. The van der Waals surface area contributed by atoms with Gasteiger partial charge in [-0.2, -0.15) is 0 Å². The van der Waals surface area contributed by atoms with E-state index in [-0.39, 0.29) is 0 Å². The smallest absolute Gasteiger partial charge is 0.305 e. The Kier molecular flexibility index (Phi) is 9.95. The van der Waals surface area contributed by atoms with Crippen LogP contribution in [0.3, 0.4) is 0 Å². The van der Waals surface area contributed by atoms with Gasteiger partial charge in [0.2, 0.25) is 12.4 Å². The molecule has 0 amide bonds. The summed E-state index contributed by atoms with van der Waals surface area (Å²) in [5.41, 5.74) is 0.642. The number of carbonyl (C=O) groups is 4. The molecule has 1 aliphatic rings. The number of benzene rings is 3. The van der Waals surface area contributed by atoms with E-state index in [4.69, 9.17) is 23.7 Å². The minimum atomic E-state index is -1.63. The van der Waals surface area contributed by atoms with Gasteiger partial charge in [-0.1, -0.05) is 91.0 Å². The summed E-state index contributed by atoms with van der Waals surface area (Å²) in [4.78, 5) is 49.1. The molecule has 1 saturated heterocycles. The van der Waals surface area contributed by atoms with Gasteiger partial charge < -0.3 is 28.8 Å². The molecule has 6 atom stereocenters. The number of hydrogen-bond acceptors (Lipinski definition) is 10. The molecule has 226 valence electrons. The van der Waals surface area contributed by atoms with Crippen molar-refractivity contribution in [2.24, 2.45) is 0 Å². The summed E-state index contributed by atoms with van der Waals surface area (Å²) in [5, 5.41) is 12.7. The Balaban J connectivity index is 2.01. The number of hydrogen-bond donors (Lipinski definition) is 1. The molecule has 1 N–H and O–H groups in total. The summed E-state index contributed by atoms with van der Waals surface area (Å²) in [6.07, 6.45) is -9.20. The third kappa shape index (κ3) is 6.76. The highest BCUT2D eigenvalue weighted by molar-refractivity contribution is 5.69. The third-order valence-electron chi connectivity index (χ3n) is 7.16. The van der Waals surface area contributed by atoms with Gasteiger partial charge in [0.1, 0.15) is 12.2 Å². The van der Waals surface area contributed by atoms with Crippen molar-refractivity contribution < 1.29 is 48.0 Å². The molecular formula is C33H34O10. The molecule has 43 heavy (non-hydrogen) atoms. The Morgan fingerprint density at radius 1 is 0.581 bits per heavy atom. The number of rotatable bonds is 9. The summed E-state index contributed by atoms with van der Waals surface area (Å²) in [5.74, 6) is -3.16. The molecule has 0 aromatic heterocycles. The molecule has 0 bridgehead atoms. The second-order valence-electron chi connectivity index (χ2n) is 10.2. The lowest BCUT2D eigenvalue weighted by Gasteiger charge is -2.49. The number of esters is 4. The highest BCUT2D eigenvalue weighted by Gasteiger charge is 2.59. The molecule has 10 nitrogen and oxygen atoms in total. The fourth-order valence-electron chi connectivity index (χ4n) is 5.68. The first-order valence-corrected chi connectivity index (χ1v) is 13.7. The number of ether oxygens (including phenoxy) is 5. The largest absolute Gasteiger partial charge is 0.456 e. The van der Waals surface area contributed by atoms with Crippen LogP contribution in [0.25, 0.3) is 0 Å². The van der Waals surface area contributed by atoms with Crippen molar-refractivity contribution in [3.05, 3.63) is 108 Å². The molecule has 1 unspecified atom stereocenters. The van der Waals surface area contributed by atoms with E-state index in [1.807, 2.05) is 91.0 Å². The normalized spacial score (nSPS) is 22.5. The average Bonchev–Trinajstić information content (AvgIpc) is 2.97. The SMILES string of the molecule is CC(=O)O[C@@H]1O[C@H](C(O)C(c2ccccc2)(c2ccccc2)c2ccccc2)[C@@H](OC(C)=O)[C@H](OC(C)=O)[C@H]1OC(C)=O. The van der Waals surface area contributed by atoms with Crippen molar-refractivity contribution in [2.45, 2.75) is 69.9 Å². The van der Waals surface area contributed by atoms with Gasteiger partial charge in [0.15, 0.2) is 12.2 Å². The van der Waals surface area contributed by atoms with Crippen molar-refractivity contribution in [1.29, 1.82) is 0 Å². The van der Waals surface area contributed by atoms with Gasteiger partial charge >= 0.3 is 23.9 Å². The minimum Gasteiger partial charge on any atom is -0.456 e. The second kappa shape index (κ2) is 13.6. The molecule has 1 aliphatic heterocycles. The van der Waals surface area contributed by atoms with Crippen molar-refractivity contribution >= 4 is 23.9 Å². The molecule has 0 aliphatic carbocycles. The van der Waals surface area contributed by atoms with Gasteiger partial charge in [0.05, 0.1) is 5.41 Å². The summed E-state index contributed by atoms with van der Waals surface area (Å²) >= 11 is 0. The highest BCUT2D eigenvalue weighted by atomic mass is 16.7. The molecule has 0 saturated carbocycles. The summed E-state index contributed by atoms with van der Waals surface area (Å²) in [7, 11) is 0. The van der Waals surface area contributed by atoms with Crippen LogP contribution < -0.4 is 0 Å². The second-order valence-corrected chi connectivity index (χ2v) is 10.2. The third-order valence-corrected chi connectivity index (χ3v) is 7.16. The molecule has 1 heterocycles. The van der Waals surface area contributed by atoms with Gasteiger partial charge in [-0.05, 0) is 16.7 Å². The quantitative estimate of drug-likeness (QED) is 0.224. The Bertz CT molecular complexity index is 1310. The number of aliphatic hydroxyl groups excluding tert-OH is 1. The van der Waals surface area contributed by atoms with Crippen LogP contribution >= 0.6 is 0 Å². The molecule has 3 aromatic rings. The van der Waals surface area contributed by atoms with Crippen LogP contribution in [0.2, 0.25) is 0 Å².